The summed E-state index contributed by atoms with van der Waals surface area (Å²) in [6.45, 7) is 8.37. The van der Waals surface area contributed by atoms with Gasteiger partial charge in [-0.1, -0.05) is 71.6 Å². The van der Waals surface area contributed by atoms with Crippen LogP contribution in [0.4, 0.5) is 5.69 Å². The molecular formula is C30H34Cl3N3O4S. The number of rotatable bonds is 11. The first-order valence-electron chi connectivity index (χ1n) is 13.1. The highest BCUT2D eigenvalue weighted by Gasteiger charge is 2.33. The second-order valence-electron chi connectivity index (χ2n) is 10.0. The SMILES string of the molecule is CCC(C)NC(=O)C(C)N(Cc1ccc(Cl)cc1Cl)C(=O)CN(c1cc(Cl)ccc1C)S(=O)(=O)c1ccc(C)cc1. The first-order chi connectivity index (χ1) is 19.2. The smallest absolute Gasteiger partial charge is 0.264 e. The number of anilines is 1. The van der Waals surface area contributed by atoms with E-state index in [0.29, 0.717) is 32.6 Å². The van der Waals surface area contributed by atoms with E-state index < -0.39 is 28.5 Å². The van der Waals surface area contributed by atoms with E-state index in [9.17, 15) is 18.0 Å². The molecular weight excluding hydrogens is 605 g/mol. The Kier molecular flexibility index (Phi) is 11.1. The monoisotopic (exact) mass is 637 g/mol. The van der Waals surface area contributed by atoms with Gasteiger partial charge in [-0.25, -0.2) is 8.42 Å². The van der Waals surface area contributed by atoms with Gasteiger partial charge in [0, 0.05) is 27.7 Å². The van der Waals surface area contributed by atoms with Gasteiger partial charge in [0.15, 0.2) is 0 Å². The Bertz CT molecular complexity index is 1510. The lowest BCUT2D eigenvalue weighted by atomic mass is 10.1. The second kappa shape index (κ2) is 13.9. The summed E-state index contributed by atoms with van der Waals surface area (Å²) in [7, 11) is -4.21. The zero-order valence-electron chi connectivity index (χ0n) is 23.6. The molecule has 11 heteroatoms. The van der Waals surface area contributed by atoms with E-state index in [1.807, 2.05) is 20.8 Å². The fourth-order valence-corrected chi connectivity index (χ4v) is 6.19. The summed E-state index contributed by atoms with van der Waals surface area (Å²) in [5.74, 6) is -0.970. The molecule has 0 saturated carbocycles. The van der Waals surface area contributed by atoms with Crippen molar-refractivity contribution in [1.29, 1.82) is 0 Å². The molecule has 0 fully saturated rings. The highest BCUT2D eigenvalue weighted by atomic mass is 35.5. The Balaban J connectivity index is 2.09. The third-order valence-corrected chi connectivity index (χ3v) is 9.45. The average Bonchev–Trinajstić information content (AvgIpc) is 2.92. The van der Waals surface area contributed by atoms with Crippen LogP contribution < -0.4 is 9.62 Å². The Morgan fingerprint density at radius 3 is 2.12 bits per heavy atom. The quantitative estimate of drug-likeness (QED) is 0.251. The van der Waals surface area contributed by atoms with Crippen LogP contribution in [-0.2, 0) is 26.2 Å². The predicted octanol–water partition coefficient (Wildman–Crippen LogP) is 6.79. The summed E-state index contributed by atoms with van der Waals surface area (Å²) in [6.07, 6.45) is 0.700. The molecule has 2 atom stereocenters. The molecule has 0 bridgehead atoms. The van der Waals surface area contributed by atoms with Crippen molar-refractivity contribution in [1.82, 2.24) is 10.2 Å². The number of benzene rings is 3. The van der Waals surface area contributed by atoms with E-state index in [4.69, 9.17) is 34.8 Å². The van der Waals surface area contributed by atoms with Crippen molar-refractivity contribution in [3.8, 4) is 0 Å². The van der Waals surface area contributed by atoms with Crippen LogP contribution in [0.2, 0.25) is 15.1 Å². The predicted molar refractivity (Wildman–Crippen MR) is 166 cm³/mol. The molecule has 41 heavy (non-hydrogen) atoms. The molecule has 1 N–H and O–H groups in total. The van der Waals surface area contributed by atoms with Crippen LogP contribution in [0.3, 0.4) is 0 Å². The van der Waals surface area contributed by atoms with Gasteiger partial charge in [-0.2, -0.15) is 0 Å². The largest absolute Gasteiger partial charge is 0.352 e. The summed E-state index contributed by atoms with van der Waals surface area (Å²) in [4.78, 5) is 28.6. The number of nitrogens with one attached hydrogen (secondary N) is 1. The average molecular weight is 639 g/mol. The van der Waals surface area contributed by atoms with E-state index >= 15 is 0 Å². The Morgan fingerprint density at radius 2 is 1.51 bits per heavy atom. The fraction of sp³-hybridized carbons (Fsp3) is 0.333. The molecule has 3 rings (SSSR count). The number of sulfonamides is 1. The fourth-order valence-electron chi connectivity index (χ4n) is 4.08. The molecule has 3 aromatic rings. The summed E-state index contributed by atoms with van der Waals surface area (Å²) >= 11 is 18.8. The standard InChI is InChI=1S/C30H34Cl3N3O4S/c1-6-21(4)34-30(38)22(5)35(17-23-10-12-24(31)15-27(23)33)29(37)18-36(28-16-25(32)11-9-20(28)3)41(39,40)26-13-7-19(2)8-14-26/h7-16,21-22H,6,17-18H2,1-5H3,(H,34,38). The van der Waals surface area contributed by atoms with Gasteiger partial charge in [-0.3, -0.25) is 13.9 Å². The van der Waals surface area contributed by atoms with Gasteiger partial charge in [0.05, 0.1) is 10.6 Å². The van der Waals surface area contributed by atoms with Crippen LogP contribution in [0.5, 0.6) is 0 Å². The lowest BCUT2D eigenvalue weighted by Crippen LogP contribution is -2.52. The van der Waals surface area contributed by atoms with E-state index in [2.05, 4.69) is 5.32 Å². The van der Waals surface area contributed by atoms with Crippen molar-refractivity contribution in [2.75, 3.05) is 10.8 Å². The van der Waals surface area contributed by atoms with Crippen LogP contribution in [-0.4, -0.2) is 43.8 Å². The molecule has 0 saturated heterocycles. The lowest BCUT2D eigenvalue weighted by molar-refractivity contribution is -0.139. The number of aryl methyl sites for hydroxylation is 2. The molecule has 220 valence electrons. The van der Waals surface area contributed by atoms with Crippen molar-refractivity contribution < 1.29 is 18.0 Å². The van der Waals surface area contributed by atoms with Gasteiger partial charge in [0.1, 0.15) is 12.6 Å². The Morgan fingerprint density at radius 1 is 0.902 bits per heavy atom. The number of nitrogens with zero attached hydrogens (tertiary/aromatic N) is 2. The Hall–Kier alpha value is -2.78. The Labute approximate surface area is 257 Å². The van der Waals surface area contributed by atoms with Crippen LogP contribution >= 0.6 is 34.8 Å². The van der Waals surface area contributed by atoms with Crippen molar-refractivity contribution in [3.63, 3.8) is 0 Å². The molecule has 0 aliphatic carbocycles. The number of hydrogen-bond donors (Lipinski definition) is 1. The number of amides is 2. The van der Waals surface area contributed by atoms with Gasteiger partial charge in [-0.05, 0) is 81.6 Å². The second-order valence-corrected chi connectivity index (χ2v) is 13.1. The van der Waals surface area contributed by atoms with Gasteiger partial charge < -0.3 is 10.2 Å². The number of halogens is 3. The molecule has 0 heterocycles. The van der Waals surface area contributed by atoms with Gasteiger partial charge in [0.2, 0.25) is 11.8 Å². The van der Waals surface area contributed by atoms with Crippen molar-refractivity contribution in [2.45, 2.75) is 64.6 Å². The first kappa shape index (κ1) is 32.7. The summed E-state index contributed by atoms with van der Waals surface area (Å²) in [6, 6.07) is 15.0. The lowest BCUT2D eigenvalue weighted by Gasteiger charge is -2.33. The van der Waals surface area contributed by atoms with Gasteiger partial charge >= 0.3 is 0 Å². The molecule has 3 aromatic carbocycles. The minimum Gasteiger partial charge on any atom is -0.352 e. The van der Waals surface area contributed by atoms with Crippen molar-refractivity contribution in [2.24, 2.45) is 0 Å². The van der Waals surface area contributed by atoms with Gasteiger partial charge in [0.25, 0.3) is 10.0 Å². The first-order valence-corrected chi connectivity index (χ1v) is 15.7. The van der Waals surface area contributed by atoms with E-state index in [-0.39, 0.29) is 29.1 Å². The van der Waals surface area contributed by atoms with Crippen molar-refractivity contribution >= 4 is 62.3 Å². The molecule has 0 spiro atoms. The zero-order chi connectivity index (χ0) is 30.5. The topological polar surface area (TPSA) is 86.8 Å². The maximum absolute atomic E-state index is 14.1. The molecule has 2 unspecified atom stereocenters. The van der Waals surface area contributed by atoms with Crippen LogP contribution in [0, 0.1) is 13.8 Å². The van der Waals surface area contributed by atoms with Gasteiger partial charge in [-0.15, -0.1) is 0 Å². The van der Waals surface area contributed by atoms with E-state index in [0.717, 1.165) is 9.87 Å². The zero-order valence-corrected chi connectivity index (χ0v) is 26.7. The highest BCUT2D eigenvalue weighted by molar-refractivity contribution is 7.92. The summed E-state index contributed by atoms with van der Waals surface area (Å²) in [5, 5.41) is 3.96. The maximum atomic E-state index is 14.1. The maximum Gasteiger partial charge on any atom is 0.264 e. The summed E-state index contributed by atoms with van der Waals surface area (Å²) in [5.41, 5.74) is 2.30. The van der Waals surface area contributed by atoms with E-state index in [1.54, 1.807) is 56.3 Å². The number of carbonyl (C=O) groups excluding carboxylic acids is 2. The van der Waals surface area contributed by atoms with Crippen molar-refractivity contribution in [3.05, 3.63) is 92.4 Å². The molecule has 0 aliphatic heterocycles. The van der Waals surface area contributed by atoms with Crippen LogP contribution in [0.25, 0.3) is 0 Å². The summed E-state index contributed by atoms with van der Waals surface area (Å²) < 4.78 is 29.0. The molecule has 0 aromatic heterocycles. The number of carbonyl (C=O) groups is 2. The molecule has 0 radical (unpaired) electrons. The van der Waals surface area contributed by atoms with E-state index in [1.165, 1.54) is 23.1 Å². The number of hydrogen-bond acceptors (Lipinski definition) is 4. The molecule has 7 nitrogen and oxygen atoms in total. The normalized spacial score (nSPS) is 12.9. The minimum atomic E-state index is -4.21. The third-order valence-electron chi connectivity index (χ3n) is 6.85. The third kappa shape index (κ3) is 8.16. The highest BCUT2D eigenvalue weighted by Crippen LogP contribution is 2.30. The van der Waals surface area contributed by atoms with Crippen LogP contribution in [0.15, 0.2) is 65.6 Å². The molecule has 2 amide bonds. The van der Waals surface area contributed by atoms with Crippen LogP contribution in [0.1, 0.15) is 43.9 Å². The molecule has 0 aliphatic rings. The minimum absolute atomic E-state index is 0.0186.